The standard InChI is InChI=1S/C12H17N3O/c13-11-10(7-4-8-14-11)12(16)15-9-5-2-1-3-6-9/h4,7-9H,1-3,5-6H2,(H2,13,14)(H,15,16). The monoisotopic (exact) mass is 219 g/mol. The minimum Gasteiger partial charge on any atom is -0.383 e. The fraction of sp³-hybridized carbons (Fsp3) is 0.500. The molecule has 1 saturated carbocycles. The number of carbonyl (C=O) groups is 1. The van der Waals surface area contributed by atoms with E-state index in [1.807, 2.05) is 0 Å². The molecule has 1 fully saturated rings. The van der Waals surface area contributed by atoms with Crippen LogP contribution in [-0.2, 0) is 0 Å². The summed E-state index contributed by atoms with van der Waals surface area (Å²) >= 11 is 0. The Balaban J connectivity index is 2.00. The molecule has 0 aliphatic heterocycles. The summed E-state index contributed by atoms with van der Waals surface area (Å²) in [5.74, 6) is 0.202. The maximum atomic E-state index is 11.9. The first-order chi connectivity index (χ1) is 7.77. The average molecular weight is 219 g/mol. The van der Waals surface area contributed by atoms with Gasteiger partial charge in [0.1, 0.15) is 5.82 Å². The number of nitrogens with two attached hydrogens (primary N) is 1. The Kier molecular flexibility index (Phi) is 3.39. The van der Waals surface area contributed by atoms with Crippen LogP contribution in [0.1, 0.15) is 42.5 Å². The predicted octanol–water partition coefficient (Wildman–Crippen LogP) is 1.73. The molecule has 1 aliphatic rings. The van der Waals surface area contributed by atoms with Crippen molar-refractivity contribution in [1.82, 2.24) is 10.3 Å². The third-order valence-corrected chi connectivity index (χ3v) is 3.02. The zero-order valence-electron chi connectivity index (χ0n) is 9.28. The largest absolute Gasteiger partial charge is 0.383 e. The van der Waals surface area contributed by atoms with Gasteiger partial charge in [-0.1, -0.05) is 19.3 Å². The van der Waals surface area contributed by atoms with Crippen molar-refractivity contribution < 1.29 is 4.79 Å². The van der Waals surface area contributed by atoms with E-state index in [9.17, 15) is 4.79 Å². The van der Waals surface area contributed by atoms with E-state index in [1.165, 1.54) is 19.3 Å². The molecule has 0 saturated heterocycles. The Bertz CT molecular complexity index is 372. The molecular weight excluding hydrogens is 202 g/mol. The molecule has 86 valence electrons. The molecule has 3 N–H and O–H groups in total. The Morgan fingerprint density at radius 2 is 2.12 bits per heavy atom. The van der Waals surface area contributed by atoms with Gasteiger partial charge in [-0.15, -0.1) is 0 Å². The Morgan fingerprint density at radius 3 is 2.81 bits per heavy atom. The number of aromatic nitrogens is 1. The molecule has 1 aromatic rings. The number of carbonyl (C=O) groups excluding carboxylic acids is 1. The first-order valence-corrected chi connectivity index (χ1v) is 5.79. The van der Waals surface area contributed by atoms with Crippen LogP contribution in [0.3, 0.4) is 0 Å². The highest BCUT2D eigenvalue weighted by atomic mass is 16.1. The summed E-state index contributed by atoms with van der Waals surface area (Å²) < 4.78 is 0. The number of hydrogen-bond acceptors (Lipinski definition) is 3. The first kappa shape index (κ1) is 10.9. The molecule has 16 heavy (non-hydrogen) atoms. The Hall–Kier alpha value is -1.58. The molecule has 0 atom stereocenters. The minimum absolute atomic E-state index is 0.0995. The van der Waals surface area contributed by atoms with E-state index in [0.29, 0.717) is 17.4 Å². The lowest BCUT2D eigenvalue weighted by Crippen LogP contribution is -2.36. The molecule has 0 bridgehead atoms. The molecule has 4 nitrogen and oxygen atoms in total. The lowest BCUT2D eigenvalue weighted by Gasteiger charge is -2.22. The zero-order valence-corrected chi connectivity index (χ0v) is 9.28. The van der Waals surface area contributed by atoms with Crippen molar-refractivity contribution in [2.75, 3.05) is 5.73 Å². The normalized spacial score (nSPS) is 17.0. The van der Waals surface area contributed by atoms with E-state index in [1.54, 1.807) is 18.3 Å². The molecule has 0 spiro atoms. The number of hydrogen-bond donors (Lipinski definition) is 2. The molecule has 0 unspecified atom stereocenters. The lowest BCUT2D eigenvalue weighted by molar-refractivity contribution is 0.0928. The van der Waals surface area contributed by atoms with E-state index in [-0.39, 0.29) is 5.91 Å². The maximum absolute atomic E-state index is 11.9. The van der Waals surface area contributed by atoms with Crippen molar-refractivity contribution >= 4 is 11.7 Å². The van der Waals surface area contributed by atoms with Crippen LogP contribution in [0.5, 0.6) is 0 Å². The SMILES string of the molecule is Nc1ncccc1C(=O)NC1CCCCC1. The van der Waals surface area contributed by atoms with Crippen molar-refractivity contribution in [2.24, 2.45) is 0 Å². The van der Waals surface area contributed by atoms with E-state index >= 15 is 0 Å². The number of rotatable bonds is 2. The third-order valence-electron chi connectivity index (χ3n) is 3.02. The fourth-order valence-electron chi connectivity index (χ4n) is 2.12. The highest BCUT2D eigenvalue weighted by molar-refractivity contribution is 5.98. The summed E-state index contributed by atoms with van der Waals surface area (Å²) in [5.41, 5.74) is 6.13. The van der Waals surface area contributed by atoms with Gasteiger partial charge in [-0.25, -0.2) is 4.98 Å². The molecule has 2 rings (SSSR count). The zero-order chi connectivity index (χ0) is 11.4. The molecule has 1 aliphatic carbocycles. The van der Waals surface area contributed by atoms with Crippen molar-refractivity contribution in [3.8, 4) is 0 Å². The average Bonchev–Trinajstić information content (AvgIpc) is 2.31. The van der Waals surface area contributed by atoms with Gasteiger partial charge >= 0.3 is 0 Å². The molecule has 1 aromatic heterocycles. The lowest BCUT2D eigenvalue weighted by atomic mass is 9.95. The van der Waals surface area contributed by atoms with E-state index < -0.39 is 0 Å². The van der Waals surface area contributed by atoms with E-state index in [2.05, 4.69) is 10.3 Å². The van der Waals surface area contributed by atoms with Gasteiger partial charge in [-0.3, -0.25) is 4.79 Å². The quantitative estimate of drug-likeness (QED) is 0.796. The van der Waals surface area contributed by atoms with Gasteiger partial charge in [-0.05, 0) is 25.0 Å². The summed E-state index contributed by atoms with van der Waals surface area (Å²) in [7, 11) is 0. The summed E-state index contributed by atoms with van der Waals surface area (Å²) in [6, 6.07) is 3.74. The second kappa shape index (κ2) is 4.96. The molecule has 0 radical (unpaired) electrons. The maximum Gasteiger partial charge on any atom is 0.255 e. The number of pyridine rings is 1. The Morgan fingerprint density at radius 1 is 1.38 bits per heavy atom. The van der Waals surface area contributed by atoms with Gasteiger partial charge in [0.05, 0.1) is 5.56 Å². The minimum atomic E-state index is -0.0995. The van der Waals surface area contributed by atoms with Crippen molar-refractivity contribution in [3.05, 3.63) is 23.9 Å². The van der Waals surface area contributed by atoms with Gasteiger partial charge in [0, 0.05) is 12.2 Å². The first-order valence-electron chi connectivity index (χ1n) is 5.79. The topological polar surface area (TPSA) is 68.0 Å². The highest BCUT2D eigenvalue weighted by Crippen LogP contribution is 2.18. The fourth-order valence-corrected chi connectivity index (χ4v) is 2.12. The molecule has 4 heteroatoms. The second-order valence-electron chi connectivity index (χ2n) is 4.24. The van der Waals surface area contributed by atoms with Crippen molar-refractivity contribution in [2.45, 2.75) is 38.1 Å². The van der Waals surface area contributed by atoms with Crippen LogP contribution in [0.4, 0.5) is 5.82 Å². The van der Waals surface area contributed by atoms with Crippen LogP contribution in [0, 0.1) is 0 Å². The van der Waals surface area contributed by atoms with Gasteiger partial charge in [0.2, 0.25) is 0 Å². The van der Waals surface area contributed by atoms with Gasteiger partial charge in [0.15, 0.2) is 0 Å². The van der Waals surface area contributed by atoms with Crippen LogP contribution in [0.15, 0.2) is 18.3 Å². The van der Waals surface area contributed by atoms with E-state index in [4.69, 9.17) is 5.73 Å². The number of nitrogen functional groups attached to an aromatic ring is 1. The number of anilines is 1. The van der Waals surface area contributed by atoms with Crippen molar-refractivity contribution in [1.29, 1.82) is 0 Å². The summed E-state index contributed by atoms with van der Waals surface area (Å²) in [6.07, 6.45) is 7.42. The van der Waals surface area contributed by atoms with Crippen LogP contribution in [0.25, 0.3) is 0 Å². The predicted molar refractivity (Wildman–Crippen MR) is 63.0 cm³/mol. The van der Waals surface area contributed by atoms with Gasteiger partial charge < -0.3 is 11.1 Å². The molecule has 1 heterocycles. The number of nitrogens with zero attached hydrogens (tertiary/aromatic N) is 1. The molecule has 0 aromatic carbocycles. The summed E-state index contributed by atoms with van der Waals surface area (Å²) in [4.78, 5) is 15.8. The Labute approximate surface area is 95.3 Å². The number of amides is 1. The van der Waals surface area contributed by atoms with Crippen LogP contribution in [0.2, 0.25) is 0 Å². The van der Waals surface area contributed by atoms with Gasteiger partial charge in [-0.2, -0.15) is 0 Å². The highest BCUT2D eigenvalue weighted by Gasteiger charge is 2.17. The summed E-state index contributed by atoms with van der Waals surface area (Å²) in [6.45, 7) is 0. The number of nitrogens with one attached hydrogen (secondary N) is 1. The second-order valence-corrected chi connectivity index (χ2v) is 4.24. The van der Waals surface area contributed by atoms with Crippen molar-refractivity contribution in [3.63, 3.8) is 0 Å². The van der Waals surface area contributed by atoms with Gasteiger partial charge in [0.25, 0.3) is 5.91 Å². The van der Waals surface area contributed by atoms with Crippen LogP contribution in [-0.4, -0.2) is 16.9 Å². The smallest absolute Gasteiger partial charge is 0.255 e. The summed E-state index contributed by atoms with van der Waals surface area (Å²) in [5, 5.41) is 3.02. The van der Waals surface area contributed by atoms with Crippen LogP contribution >= 0.6 is 0 Å². The third kappa shape index (κ3) is 2.51. The van der Waals surface area contributed by atoms with Crippen LogP contribution < -0.4 is 11.1 Å². The molecular formula is C12H17N3O. The van der Waals surface area contributed by atoms with E-state index in [0.717, 1.165) is 12.8 Å². The molecule has 1 amide bonds.